The van der Waals surface area contributed by atoms with Gasteiger partial charge >= 0.3 is 5.97 Å². The fraction of sp³-hybridized carbons (Fsp3) is 0.632. The van der Waals surface area contributed by atoms with E-state index in [1.807, 2.05) is 12.1 Å². The molecule has 0 amide bonds. The van der Waals surface area contributed by atoms with E-state index in [9.17, 15) is 4.79 Å². The second-order valence-electron chi connectivity index (χ2n) is 6.92. The van der Waals surface area contributed by atoms with Crippen molar-refractivity contribution in [3.05, 3.63) is 24.3 Å². The largest absolute Gasteiger partial charge is 0.491 e. The van der Waals surface area contributed by atoms with Crippen molar-refractivity contribution in [2.75, 3.05) is 26.4 Å². The summed E-state index contributed by atoms with van der Waals surface area (Å²) < 4.78 is 27.1. The molecule has 0 bridgehead atoms. The van der Waals surface area contributed by atoms with E-state index in [4.69, 9.17) is 23.7 Å². The molecular weight excluding hydrogens is 324 g/mol. The van der Waals surface area contributed by atoms with Gasteiger partial charge < -0.3 is 23.7 Å². The Morgan fingerprint density at radius 1 is 0.920 bits per heavy atom. The zero-order valence-corrected chi connectivity index (χ0v) is 14.2. The predicted molar refractivity (Wildman–Crippen MR) is 88.8 cm³/mol. The van der Waals surface area contributed by atoms with Crippen LogP contribution in [0.25, 0.3) is 0 Å². The van der Waals surface area contributed by atoms with Gasteiger partial charge in [0.25, 0.3) is 0 Å². The molecule has 6 nitrogen and oxygen atoms in total. The van der Waals surface area contributed by atoms with Gasteiger partial charge in [0.05, 0.1) is 31.8 Å². The van der Waals surface area contributed by atoms with Gasteiger partial charge in [-0.25, -0.2) is 0 Å². The van der Waals surface area contributed by atoms with E-state index in [1.54, 1.807) is 12.1 Å². The van der Waals surface area contributed by atoms with Crippen LogP contribution >= 0.6 is 0 Å². The molecule has 6 heteroatoms. The molecule has 3 aliphatic rings. The van der Waals surface area contributed by atoms with Gasteiger partial charge in [0.15, 0.2) is 0 Å². The summed E-state index contributed by atoms with van der Waals surface area (Å²) in [6.07, 6.45) is 4.22. The number of ether oxygens (including phenoxy) is 5. The van der Waals surface area contributed by atoms with Crippen LogP contribution in [0.1, 0.15) is 25.7 Å². The van der Waals surface area contributed by atoms with E-state index in [2.05, 4.69) is 0 Å². The highest BCUT2D eigenvalue weighted by Crippen LogP contribution is 2.29. The van der Waals surface area contributed by atoms with Gasteiger partial charge in [0.2, 0.25) is 0 Å². The van der Waals surface area contributed by atoms with Gasteiger partial charge in [-0.15, -0.1) is 0 Å². The molecule has 2 heterocycles. The molecule has 0 radical (unpaired) electrons. The van der Waals surface area contributed by atoms with Crippen LogP contribution in [-0.4, -0.2) is 50.7 Å². The number of benzene rings is 1. The van der Waals surface area contributed by atoms with Crippen LogP contribution in [0.2, 0.25) is 0 Å². The highest BCUT2D eigenvalue weighted by Gasteiger charge is 2.30. The Morgan fingerprint density at radius 2 is 1.52 bits per heavy atom. The Hall–Kier alpha value is -1.63. The number of carbonyl (C=O) groups excluding carboxylic acids is 1. The first-order valence-corrected chi connectivity index (χ1v) is 9.05. The normalized spacial score (nSPS) is 30.6. The summed E-state index contributed by atoms with van der Waals surface area (Å²) in [7, 11) is 0. The predicted octanol–water partition coefficient (Wildman–Crippen LogP) is 2.34. The SMILES string of the molecule is O=C(Oc1ccc(OCC2CO2)cc1)C1CCC(OCC2CO2)CC1. The van der Waals surface area contributed by atoms with Crippen molar-refractivity contribution in [2.45, 2.75) is 44.0 Å². The van der Waals surface area contributed by atoms with Crippen LogP contribution in [0.3, 0.4) is 0 Å². The van der Waals surface area contributed by atoms with Crippen LogP contribution in [0.5, 0.6) is 11.5 Å². The van der Waals surface area contributed by atoms with Gasteiger partial charge in [-0.05, 0) is 49.9 Å². The highest BCUT2D eigenvalue weighted by molar-refractivity contribution is 5.75. The molecule has 0 N–H and O–H groups in total. The van der Waals surface area contributed by atoms with Crippen molar-refractivity contribution in [3.8, 4) is 11.5 Å². The molecule has 2 aliphatic heterocycles. The first-order chi connectivity index (χ1) is 12.3. The van der Waals surface area contributed by atoms with Crippen LogP contribution in [-0.2, 0) is 19.0 Å². The molecule has 2 atom stereocenters. The van der Waals surface area contributed by atoms with E-state index in [0.717, 1.165) is 44.6 Å². The number of esters is 1. The van der Waals surface area contributed by atoms with Crippen molar-refractivity contribution < 1.29 is 28.5 Å². The Morgan fingerprint density at radius 3 is 2.16 bits per heavy atom. The maximum absolute atomic E-state index is 12.3. The first kappa shape index (κ1) is 16.8. The standard InChI is InChI=1S/C19H24O6/c20-19(13-1-3-14(4-2-13)21-9-17-11-23-17)25-16-7-5-15(6-8-16)22-10-18-12-24-18/h5-8,13-14,17-18H,1-4,9-12H2. The highest BCUT2D eigenvalue weighted by atomic mass is 16.6. The van der Waals surface area contributed by atoms with Gasteiger partial charge in [0.1, 0.15) is 30.3 Å². The smallest absolute Gasteiger partial charge is 0.314 e. The Bertz CT molecular complexity index is 570. The van der Waals surface area contributed by atoms with Crippen molar-refractivity contribution >= 4 is 5.97 Å². The molecule has 1 saturated carbocycles. The number of hydrogen-bond donors (Lipinski definition) is 0. The van der Waals surface area contributed by atoms with Gasteiger partial charge in [-0.3, -0.25) is 4.79 Å². The molecule has 2 unspecified atom stereocenters. The number of rotatable bonds is 8. The quantitative estimate of drug-likeness (QED) is 0.408. The lowest BCUT2D eigenvalue weighted by molar-refractivity contribution is -0.141. The molecular formula is C19H24O6. The minimum absolute atomic E-state index is 0.0417. The minimum atomic E-state index is -0.149. The lowest BCUT2D eigenvalue weighted by Crippen LogP contribution is -2.29. The summed E-state index contributed by atoms with van der Waals surface area (Å²) in [5, 5.41) is 0. The molecule has 1 aromatic rings. The fourth-order valence-electron chi connectivity index (χ4n) is 3.03. The average molecular weight is 348 g/mol. The Balaban J connectivity index is 1.18. The second-order valence-corrected chi connectivity index (χ2v) is 6.92. The maximum Gasteiger partial charge on any atom is 0.314 e. The number of epoxide rings is 2. The molecule has 25 heavy (non-hydrogen) atoms. The second kappa shape index (κ2) is 7.72. The van der Waals surface area contributed by atoms with Crippen LogP contribution in [0.15, 0.2) is 24.3 Å². The Labute approximate surface area is 147 Å². The Kier molecular flexibility index (Phi) is 5.20. The number of carbonyl (C=O) groups is 1. The monoisotopic (exact) mass is 348 g/mol. The van der Waals surface area contributed by atoms with Crippen LogP contribution < -0.4 is 9.47 Å². The van der Waals surface area contributed by atoms with Gasteiger partial charge in [-0.1, -0.05) is 0 Å². The summed E-state index contributed by atoms with van der Waals surface area (Å²) in [5.41, 5.74) is 0. The zero-order chi connectivity index (χ0) is 17.1. The van der Waals surface area contributed by atoms with E-state index in [0.29, 0.717) is 25.1 Å². The summed E-state index contributed by atoms with van der Waals surface area (Å²) in [6, 6.07) is 7.17. The van der Waals surface area contributed by atoms with Crippen molar-refractivity contribution in [3.63, 3.8) is 0 Å². The molecule has 0 spiro atoms. The molecule has 3 fully saturated rings. The third kappa shape index (κ3) is 5.17. The van der Waals surface area contributed by atoms with Crippen molar-refractivity contribution in [2.24, 2.45) is 5.92 Å². The van der Waals surface area contributed by atoms with E-state index in [1.165, 1.54) is 0 Å². The summed E-state index contributed by atoms with van der Waals surface area (Å²) in [6.45, 7) is 2.84. The molecule has 136 valence electrons. The topological polar surface area (TPSA) is 69.8 Å². The van der Waals surface area contributed by atoms with Gasteiger partial charge in [-0.2, -0.15) is 0 Å². The third-order valence-electron chi connectivity index (χ3n) is 4.81. The van der Waals surface area contributed by atoms with E-state index >= 15 is 0 Å². The number of hydrogen-bond acceptors (Lipinski definition) is 6. The lowest BCUT2D eigenvalue weighted by atomic mass is 9.87. The van der Waals surface area contributed by atoms with Gasteiger partial charge in [0, 0.05) is 0 Å². The van der Waals surface area contributed by atoms with Crippen molar-refractivity contribution in [1.82, 2.24) is 0 Å². The van der Waals surface area contributed by atoms with E-state index < -0.39 is 0 Å². The first-order valence-electron chi connectivity index (χ1n) is 9.05. The zero-order valence-electron chi connectivity index (χ0n) is 14.2. The maximum atomic E-state index is 12.3. The lowest BCUT2D eigenvalue weighted by Gasteiger charge is -2.27. The van der Waals surface area contributed by atoms with Crippen LogP contribution in [0, 0.1) is 5.92 Å². The average Bonchev–Trinajstić information content (AvgIpc) is 3.55. The summed E-state index contributed by atoms with van der Waals surface area (Å²) >= 11 is 0. The molecule has 1 aromatic carbocycles. The summed E-state index contributed by atoms with van der Waals surface area (Å²) in [4.78, 5) is 12.3. The van der Waals surface area contributed by atoms with E-state index in [-0.39, 0.29) is 24.1 Å². The van der Waals surface area contributed by atoms with Crippen molar-refractivity contribution in [1.29, 1.82) is 0 Å². The molecule has 4 rings (SSSR count). The molecule has 0 aromatic heterocycles. The molecule has 2 saturated heterocycles. The van der Waals surface area contributed by atoms with Crippen LogP contribution in [0.4, 0.5) is 0 Å². The fourth-order valence-corrected chi connectivity index (χ4v) is 3.03. The third-order valence-corrected chi connectivity index (χ3v) is 4.81. The summed E-state index contributed by atoms with van der Waals surface area (Å²) in [5.74, 6) is 1.13. The minimum Gasteiger partial charge on any atom is -0.491 e. The molecule has 1 aliphatic carbocycles.